The van der Waals surface area contributed by atoms with E-state index in [9.17, 15) is 13.2 Å². The van der Waals surface area contributed by atoms with Crippen LogP contribution in [0.2, 0.25) is 5.02 Å². The fourth-order valence-electron chi connectivity index (χ4n) is 2.02. The van der Waals surface area contributed by atoms with E-state index in [1.165, 1.54) is 26.4 Å². The first-order chi connectivity index (χ1) is 11.7. The van der Waals surface area contributed by atoms with Crippen LogP contribution in [-0.2, 0) is 6.18 Å². The number of thiocarbonyl (C=S) groups is 1. The Labute approximate surface area is 152 Å². The standard InChI is InChI=1S/C16H14ClF3N2O2S/c1-23-13-8-14(24-2)12(7-11(13)17)22-15(25)21-10-5-3-4-9(6-10)16(18,19)20/h3-8H,1-2H3,(H2,21,22,25). The van der Waals surface area contributed by atoms with Crippen molar-refractivity contribution in [2.24, 2.45) is 0 Å². The zero-order valence-corrected chi connectivity index (χ0v) is 14.8. The highest BCUT2D eigenvalue weighted by Crippen LogP contribution is 2.36. The number of halogens is 4. The van der Waals surface area contributed by atoms with Crippen LogP contribution in [0.3, 0.4) is 0 Å². The fraction of sp³-hybridized carbons (Fsp3) is 0.188. The molecule has 4 nitrogen and oxygen atoms in total. The molecule has 2 aromatic rings. The molecule has 0 atom stereocenters. The van der Waals surface area contributed by atoms with Crippen molar-refractivity contribution in [3.63, 3.8) is 0 Å². The fourth-order valence-corrected chi connectivity index (χ4v) is 2.48. The van der Waals surface area contributed by atoms with E-state index in [1.807, 2.05) is 0 Å². The van der Waals surface area contributed by atoms with E-state index < -0.39 is 11.7 Å². The number of methoxy groups -OCH3 is 2. The van der Waals surface area contributed by atoms with Crippen LogP contribution in [0, 0.1) is 0 Å². The first-order valence-electron chi connectivity index (χ1n) is 6.91. The second-order valence-corrected chi connectivity index (χ2v) is 5.66. The summed E-state index contributed by atoms with van der Waals surface area (Å²) in [6, 6.07) is 7.82. The minimum atomic E-state index is -4.43. The van der Waals surface area contributed by atoms with Gasteiger partial charge in [0.1, 0.15) is 11.5 Å². The molecular weight excluding hydrogens is 377 g/mol. The molecule has 0 aliphatic rings. The van der Waals surface area contributed by atoms with Gasteiger partial charge in [-0.3, -0.25) is 0 Å². The van der Waals surface area contributed by atoms with E-state index in [2.05, 4.69) is 10.6 Å². The molecule has 9 heteroatoms. The van der Waals surface area contributed by atoms with Crippen LogP contribution in [0.5, 0.6) is 11.5 Å². The second-order valence-electron chi connectivity index (χ2n) is 4.84. The van der Waals surface area contributed by atoms with Crippen molar-refractivity contribution in [2.45, 2.75) is 6.18 Å². The van der Waals surface area contributed by atoms with Gasteiger partial charge in [-0.15, -0.1) is 0 Å². The predicted molar refractivity (Wildman–Crippen MR) is 95.8 cm³/mol. The monoisotopic (exact) mass is 390 g/mol. The summed E-state index contributed by atoms with van der Waals surface area (Å²) in [5, 5.41) is 5.94. The third-order valence-corrected chi connectivity index (χ3v) is 3.67. The lowest BCUT2D eigenvalue weighted by Gasteiger charge is -2.16. The predicted octanol–water partition coefficient (Wildman–Crippen LogP) is 5.18. The molecule has 134 valence electrons. The molecule has 0 bridgehead atoms. The van der Waals surface area contributed by atoms with Crippen LogP contribution < -0.4 is 20.1 Å². The van der Waals surface area contributed by atoms with E-state index in [0.29, 0.717) is 22.2 Å². The van der Waals surface area contributed by atoms with Gasteiger partial charge in [0.15, 0.2) is 5.11 Å². The summed E-state index contributed by atoms with van der Waals surface area (Å²) in [6.45, 7) is 0. The molecule has 0 aromatic heterocycles. The van der Waals surface area contributed by atoms with Gasteiger partial charge in [-0.2, -0.15) is 13.2 Å². The van der Waals surface area contributed by atoms with Gasteiger partial charge >= 0.3 is 6.18 Å². The van der Waals surface area contributed by atoms with Gasteiger partial charge in [0, 0.05) is 11.8 Å². The van der Waals surface area contributed by atoms with Crippen molar-refractivity contribution >= 4 is 40.3 Å². The lowest BCUT2D eigenvalue weighted by atomic mass is 10.2. The average Bonchev–Trinajstić information content (AvgIpc) is 2.54. The molecule has 0 amide bonds. The summed E-state index contributed by atoms with van der Waals surface area (Å²) in [7, 11) is 2.92. The number of anilines is 2. The molecule has 2 N–H and O–H groups in total. The van der Waals surface area contributed by atoms with Crippen LogP contribution in [0.4, 0.5) is 24.5 Å². The van der Waals surface area contributed by atoms with E-state index in [1.54, 1.807) is 12.1 Å². The van der Waals surface area contributed by atoms with Crippen LogP contribution in [0.1, 0.15) is 5.56 Å². The number of ether oxygens (including phenoxy) is 2. The number of nitrogens with one attached hydrogen (secondary N) is 2. The minimum absolute atomic E-state index is 0.0823. The van der Waals surface area contributed by atoms with Crippen LogP contribution in [-0.4, -0.2) is 19.3 Å². The Morgan fingerprint density at radius 3 is 2.32 bits per heavy atom. The van der Waals surface area contributed by atoms with E-state index in [-0.39, 0.29) is 10.8 Å². The lowest BCUT2D eigenvalue weighted by Crippen LogP contribution is -2.20. The molecule has 25 heavy (non-hydrogen) atoms. The molecule has 0 aliphatic heterocycles. The largest absolute Gasteiger partial charge is 0.495 e. The van der Waals surface area contributed by atoms with Crippen LogP contribution >= 0.6 is 23.8 Å². The molecule has 0 spiro atoms. The van der Waals surface area contributed by atoms with Gasteiger partial charge in [-0.05, 0) is 36.5 Å². The van der Waals surface area contributed by atoms with Crippen LogP contribution in [0.15, 0.2) is 36.4 Å². The van der Waals surface area contributed by atoms with E-state index >= 15 is 0 Å². The Bertz CT molecular complexity index is 784. The molecular formula is C16H14ClF3N2O2S. The Kier molecular flexibility index (Phi) is 5.97. The second kappa shape index (κ2) is 7.79. The van der Waals surface area contributed by atoms with Crippen molar-refractivity contribution in [2.75, 3.05) is 24.9 Å². The summed E-state index contributed by atoms with van der Waals surface area (Å²) in [6.07, 6.45) is -4.43. The van der Waals surface area contributed by atoms with Crippen LogP contribution in [0.25, 0.3) is 0 Å². The van der Waals surface area contributed by atoms with Gasteiger partial charge in [-0.25, -0.2) is 0 Å². The third-order valence-electron chi connectivity index (χ3n) is 3.17. The van der Waals surface area contributed by atoms with Crippen molar-refractivity contribution in [1.29, 1.82) is 0 Å². The van der Waals surface area contributed by atoms with E-state index in [4.69, 9.17) is 33.3 Å². The van der Waals surface area contributed by atoms with Crippen molar-refractivity contribution in [1.82, 2.24) is 0 Å². The number of alkyl halides is 3. The highest BCUT2D eigenvalue weighted by atomic mass is 35.5. The normalized spacial score (nSPS) is 11.0. The summed E-state index contributed by atoms with van der Waals surface area (Å²) in [4.78, 5) is 0. The van der Waals surface area contributed by atoms with Crippen molar-refractivity contribution < 1.29 is 22.6 Å². The molecule has 2 rings (SSSR count). The van der Waals surface area contributed by atoms with Crippen molar-refractivity contribution in [3.8, 4) is 11.5 Å². The summed E-state index contributed by atoms with van der Waals surface area (Å²) < 4.78 is 48.6. The zero-order chi connectivity index (χ0) is 18.6. The average molecular weight is 391 g/mol. The van der Waals surface area contributed by atoms with Crippen molar-refractivity contribution in [3.05, 3.63) is 47.0 Å². The number of hydrogen-bond acceptors (Lipinski definition) is 3. The molecule has 0 saturated carbocycles. The Hall–Kier alpha value is -2.19. The first kappa shape index (κ1) is 19.1. The molecule has 0 saturated heterocycles. The summed E-state index contributed by atoms with van der Waals surface area (Å²) >= 11 is 11.2. The van der Waals surface area contributed by atoms with Gasteiger partial charge in [0.05, 0.1) is 30.5 Å². The first-order valence-corrected chi connectivity index (χ1v) is 7.70. The third kappa shape index (κ3) is 4.90. The number of rotatable bonds is 4. The lowest BCUT2D eigenvalue weighted by molar-refractivity contribution is -0.137. The number of hydrogen-bond donors (Lipinski definition) is 2. The Balaban J connectivity index is 2.17. The highest BCUT2D eigenvalue weighted by Gasteiger charge is 2.30. The maximum Gasteiger partial charge on any atom is 0.416 e. The molecule has 0 heterocycles. The SMILES string of the molecule is COc1cc(OC)c(NC(=S)Nc2cccc(C(F)(F)F)c2)cc1Cl. The summed E-state index contributed by atoms with van der Waals surface area (Å²) in [5.74, 6) is 0.829. The smallest absolute Gasteiger partial charge is 0.416 e. The minimum Gasteiger partial charge on any atom is -0.495 e. The maximum atomic E-state index is 12.7. The molecule has 0 unspecified atom stereocenters. The number of benzene rings is 2. The van der Waals surface area contributed by atoms with Gasteiger partial charge in [0.2, 0.25) is 0 Å². The quantitative estimate of drug-likeness (QED) is 0.704. The Morgan fingerprint density at radius 1 is 1.04 bits per heavy atom. The summed E-state index contributed by atoms with van der Waals surface area (Å²) in [5.41, 5.74) is -0.131. The molecule has 0 radical (unpaired) electrons. The van der Waals surface area contributed by atoms with Gasteiger partial charge in [-0.1, -0.05) is 17.7 Å². The van der Waals surface area contributed by atoms with Gasteiger partial charge in [0.25, 0.3) is 0 Å². The molecule has 2 aromatic carbocycles. The topological polar surface area (TPSA) is 42.5 Å². The molecule has 0 fully saturated rings. The molecule has 0 aliphatic carbocycles. The van der Waals surface area contributed by atoms with E-state index in [0.717, 1.165) is 12.1 Å². The zero-order valence-electron chi connectivity index (χ0n) is 13.2. The van der Waals surface area contributed by atoms with Gasteiger partial charge < -0.3 is 20.1 Å². The maximum absolute atomic E-state index is 12.7. The highest BCUT2D eigenvalue weighted by molar-refractivity contribution is 7.80. The Morgan fingerprint density at radius 2 is 1.72 bits per heavy atom.